The number of nitrogens with zero attached hydrogens (tertiary/aromatic N) is 2. The van der Waals surface area contributed by atoms with Gasteiger partial charge >= 0.3 is 0 Å². The van der Waals surface area contributed by atoms with Gasteiger partial charge in [-0.15, -0.1) is 0 Å². The van der Waals surface area contributed by atoms with E-state index in [9.17, 15) is 10.1 Å². The zero-order valence-corrected chi connectivity index (χ0v) is 23.3. The van der Waals surface area contributed by atoms with Crippen molar-refractivity contribution in [3.8, 4) is 0 Å². The molecule has 0 aromatic heterocycles. The van der Waals surface area contributed by atoms with Crippen LogP contribution in [0.3, 0.4) is 0 Å². The Morgan fingerprint density at radius 3 is 1.89 bits per heavy atom. The molecule has 5 rings (SSSR count). The monoisotopic (exact) mass is 514 g/mol. The van der Waals surface area contributed by atoms with E-state index >= 15 is 0 Å². The van der Waals surface area contributed by atoms with E-state index in [-0.39, 0.29) is 28.8 Å². The van der Waals surface area contributed by atoms with Crippen molar-refractivity contribution in [1.29, 1.82) is 0 Å². The number of hydrogen-bond acceptors (Lipinski definition) is 4. The van der Waals surface area contributed by atoms with Crippen molar-refractivity contribution in [1.82, 2.24) is 4.90 Å². The predicted octanol–water partition coefficient (Wildman–Crippen LogP) is 6.69. The molecule has 1 unspecified atom stereocenters. The van der Waals surface area contributed by atoms with Crippen molar-refractivity contribution in [3.63, 3.8) is 0 Å². The SMILES string of the molecule is C[C@H]1C(N2CCC[C@H]2C(O[Si](C)(C)C)(c2ccccc2)c2ccccc2)[C@@H]([N+](=O)[O-])[C@@H]1c1ccccc1. The molecule has 5 atom stereocenters. The van der Waals surface area contributed by atoms with E-state index < -0.39 is 20.0 Å². The minimum atomic E-state index is -2.06. The van der Waals surface area contributed by atoms with Crippen molar-refractivity contribution in [2.24, 2.45) is 5.92 Å². The maximum Gasteiger partial charge on any atom is 0.235 e. The summed E-state index contributed by atoms with van der Waals surface area (Å²) in [4.78, 5) is 15.0. The van der Waals surface area contributed by atoms with Crippen molar-refractivity contribution in [2.45, 2.75) is 69.1 Å². The van der Waals surface area contributed by atoms with Gasteiger partial charge in [0, 0.05) is 11.0 Å². The van der Waals surface area contributed by atoms with Gasteiger partial charge in [-0.25, -0.2) is 0 Å². The standard InChI is InChI=1S/C31H38N2O3Si/c1-23-28(24-15-8-5-9-16-24)30(33(34)35)29(23)32-22-14-21-27(32)31(36-37(2,3)4,25-17-10-6-11-18-25)26-19-12-7-13-20-26/h5-13,15-20,23,27-30H,14,21-22H2,1-4H3/t23-,27+,28+,29?,30+/m1/s1. The van der Waals surface area contributed by atoms with Crippen LogP contribution in [0.2, 0.25) is 19.6 Å². The number of rotatable bonds is 8. The minimum absolute atomic E-state index is 0.00986. The zero-order valence-electron chi connectivity index (χ0n) is 22.3. The van der Waals surface area contributed by atoms with E-state index in [1.54, 1.807) is 0 Å². The lowest BCUT2D eigenvalue weighted by atomic mass is 9.62. The fourth-order valence-electron chi connectivity index (χ4n) is 7.01. The molecule has 3 aromatic rings. The van der Waals surface area contributed by atoms with E-state index in [4.69, 9.17) is 4.43 Å². The van der Waals surface area contributed by atoms with Crippen LogP contribution in [0.5, 0.6) is 0 Å². The number of nitro groups is 1. The van der Waals surface area contributed by atoms with Crippen LogP contribution in [-0.4, -0.2) is 42.8 Å². The van der Waals surface area contributed by atoms with Crippen LogP contribution in [0.25, 0.3) is 0 Å². The van der Waals surface area contributed by atoms with Gasteiger partial charge in [0.1, 0.15) is 5.60 Å². The van der Waals surface area contributed by atoms with Crippen molar-refractivity contribution < 1.29 is 9.35 Å². The summed E-state index contributed by atoms with van der Waals surface area (Å²) in [5.41, 5.74) is 2.64. The Kier molecular flexibility index (Phi) is 7.09. The molecule has 0 radical (unpaired) electrons. The lowest BCUT2D eigenvalue weighted by Gasteiger charge is -2.55. The molecule has 2 aliphatic rings. The van der Waals surface area contributed by atoms with Gasteiger partial charge in [0.05, 0.1) is 12.0 Å². The van der Waals surface area contributed by atoms with Gasteiger partial charge in [0.2, 0.25) is 6.04 Å². The van der Waals surface area contributed by atoms with E-state index in [2.05, 4.69) is 80.0 Å². The van der Waals surface area contributed by atoms with Gasteiger partial charge < -0.3 is 4.43 Å². The van der Waals surface area contributed by atoms with Gasteiger partial charge in [0.25, 0.3) is 0 Å². The molecule has 0 spiro atoms. The van der Waals surface area contributed by atoms with Crippen LogP contribution in [0, 0.1) is 16.0 Å². The Labute approximate surface area is 221 Å². The Morgan fingerprint density at radius 2 is 1.41 bits per heavy atom. The summed E-state index contributed by atoms with van der Waals surface area (Å²) < 4.78 is 7.30. The summed E-state index contributed by atoms with van der Waals surface area (Å²) in [6, 6.07) is 30.4. The molecule has 6 heteroatoms. The van der Waals surface area contributed by atoms with Crippen molar-refractivity contribution >= 4 is 8.32 Å². The van der Waals surface area contributed by atoms with Crippen molar-refractivity contribution in [3.05, 3.63) is 118 Å². The third kappa shape index (κ3) is 4.67. The van der Waals surface area contributed by atoms with Gasteiger partial charge in [-0.3, -0.25) is 15.0 Å². The maximum absolute atomic E-state index is 12.6. The molecular weight excluding hydrogens is 476 g/mol. The van der Waals surface area contributed by atoms with Crippen LogP contribution in [-0.2, 0) is 10.0 Å². The number of likely N-dealkylation sites (tertiary alicyclic amines) is 1. The minimum Gasteiger partial charge on any atom is -0.403 e. The maximum atomic E-state index is 12.6. The Morgan fingerprint density at radius 1 is 0.892 bits per heavy atom. The molecule has 194 valence electrons. The van der Waals surface area contributed by atoms with Crippen LogP contribution in [0.4, 0.5) is 0 Å². The largest absolute Gasteiger partial charge is 0.403 e. The van der Waals surface area contributed by atoms with Gasteiger partial charge in [-0.2, -0.15) is 0 Å². The highest BCUT2D eigenvalue weighted by molar-refractivity contribution is 6.69. The lowest BCUT2D eigenvalue weighted by molar-refractivity contribution is -0.556. The highest BCUT2D eigenvalue weighted by Gasteiger charge is 2.63. The van der Waals surface area contributed by atoms with Crippen LogP contribution >= 0.6 is 0 Å². The third-order valence-corrected chi connectivity index (χ3v) is 9.20. The highest BCUT2D eigenvalue weighted by Crippen LogP contribution is 2.52. The normalized spacial score (nSPS) is 26.5. The first kappa shape index (κ1) is 25.8. The van der Waals surface area contributed by atoms with Gasteiger partial charge in [0.15, 0.2) is 8.32 Å². The second-order valence-corrected chi connectivity index (χ2v) is 16.1. The molecule has 3 aromatic carbocycles. The van der Waals surface area contributed by atoms with E-state index in [1.165, 1.54) is 0 Å². The summed E-state index contributed by atoms with van der Waals surface area (Å²) in [6.07, 6.45) is 1.95. The van der Waals surface area contributed by atoms with Crippen molar-refractivity contribution in [2.75, 3.05) is 6.54 Å². The van der Waals surface area contributed by atoms with Crippen LogP contribution in [0.1, 0.15) is 42.4 Å². The summed E-state index contributed by atoms with van der Waals surface area (Å²) >= 11 is 0. The molecular formula is C31H38N2O3Si. The summed E-state index contributed by atoms with van der Waals surface area (Å²) in [5, 5.41) is 12.6. The third-order valence-electron chi connectivity index (χ3n) is 8.27. The molecule has 0 N–H and O–H groups in total. The lowest BCUT2D eigenvalue weighted by Crippen LogP contribution is -2.68. The number of benzene rings is 3. The fraction of sp³-hybridized carbons (Fsp3) is 0.419. The highest BCUT2D eigenvalue weighted by atomic mass is 28.4. The molecule has 1 saturated heterocycles. The molecule has 5 nitrogen and oxygen atoms in total. The smallest absolute Gasteiger partial charge is 0.235 e. The van der Waals surface area contributed by atoms with Gasteiger partial charge in [-0.1, -0.05) is 97.9 Å². The summed E-state index contributed by atoms with van der Waals surface area (Å²) in [7, 11) is -2.06. The predicted molar refractivity (Wildman–Crippen MR) is 151 cm³/mol. The fourth-order valence-corrected chi connectivity index (χ4v) is 8.34. The average Bonchev–Trinajstić information content (AvgIpc) is 3.36. The van der Waals surface area contributed by atoms with Gasteiger partial charge in [-0.05, 0) is 61.6 Å². The molecule has 1 aliphatic heterocycles. The molecule has 1 saturated carbocycles. The first-order valence-corrected chi connectivity index (χ1v) is 16.9. The zero-order chi connectivity index (χ0) is 26.2. The second-order valence-electron chi connectivity index (χ2n) is 11.6. The first-order valence-electron chi connectivity index (χ1n) is 13.5. The van der Waals surface area contributed by atoms with E-state index in [0.717, 1.165) is 36.1 Å². The molecule has 0 bridgehead atoms. The first-order chi connectivity index (χ1) is 17.7. The molecule has 2 fully saturated rings. The van der Waals surface area contributed by atoms with E-state index in [0.29, 0.717) is 0 Å². The van der Waals surface area contributed by atoms with E-state index in [1.807, 2.05) is 42.5 Å². The quantitative estimate of drug-likeness (QED) is 0.191. The number of hydrogen-bond donors (Lipinski definition) is 0. The second kappa shape index (κ2) is 10.2. The van der Waals surface area contributed by atoms with Crippen LogP contribution in [0.15, 0.2) is 91.0 Å². The molecule has 1 heterocycles. The Bertz CT molecular complexity index is 1160. The Balaban J connectivity index is 1.63. The van der Waals surface area contributed by atoms with Crippen LogP contribution < -0.4 is 0 Å². The molecule has 1 aliphatic carbocycles. The molecule has 0 amide bonds. The molecule has 37 heavy (non-hydrogen) atoms. The summed E-state index contributed by atoms with van der Waals surface area (Å²) in [6.45, 7) is 9.77. The summed E-state index contributed by atoms with van der Waals surface area (Å²) in [5.74, 6) is 0.0951. The average molecular weight is 515 g/mol. The Hall–Kier alpha value is -2.80. The topological polar surface area (TPSA) is 55.6 Å².